The van der Waals surface area contributed by atoms with Crippen molar-refractivity contribution in [1.29, 1.82) is 0 Å². The molecule has 1 heterocycles. The molecule has 0 aliphatic heterocycles. The Morgan fingerprint density at radius 2 is 2.88 bits per heavy atom. The van der Waals surface area contributed by atoms with Gasteiger partial charge in [-0.25, -0.2) is 4.98 Å². The van der Waals surface area contributed by atoms with Crippen molar-refractivity contribution in [3.8, 4) is 0 Å². The zero-order valence-electron chi connectivity index (χ0n) is 4.10. The standard InChI is InChI=1S/C4H5FN2S.H2/c5-7-3-4-6-1-2-8-4;/h1-2,7H,3H2;1H. The molecule has 4 heteroatoms. The molecule has 1 rings (SSSR count). The van der Waals surface area contributed by atoms with E-state index in [9.17, 15) is 4.48 Å². The molecule has 1 N–H and O–H groups in total. The molecule has 0 atom stereocenters. The molecule has 0 saturated carbocycles. The molecule has 0 spiro atoms. The highest BCUT2D eigenvalue weighted by Gasteiger charge is 1.89. The summed E-state index contributed by atoms with van der Waals surface area (Å²) >= 11 is 1.43. The fraction of sp³-hybridized carbons (Fsp3) is 0.250. The first-order valence-corrected chi connectivity index (χ1v) is 3.03. The Hall–Kier alpha value is -0.480. The summed E-state index contributed by atoms with van der Waals surface area (Å²) in [6, 6.07) is 0. The minimum Gasteiger partial charge on any atom is -0.248 e. The lowest BCUT2D eigenvalue weighted by atomic mass is 10.7. The van der Waals surface area contributed by atoms with E-state index in [1.165, 1.54) is 16.9 Å². The quantitative estimate of drug-likeness (QED) is 0.618. The van der Waals surface area contributed by atoms with Crippen LogP contribution >= 0.6 is 11.3 Å². The molecule has 8 heavy (non-hydrogen) atoms. The van der Waals surface area contributed by atoms with E-state index in [0.717, 1.165) is 5.01 Å². The van der Waals surface area contributed by atoms with E-state index in [4.69, 9.17) is 0 Å². The number of aromatic nitrogens is 1. The Morgan fingerprint density at radius 3 is 3.38 bits per heavy atom. The molecule has 0 amide bonds. The average molecular weight is 134 g/mol. The second-order valence-corrected chi connectivity index (χ2v) is 2.22. The van der Waals surface area contributed by atoms with Gasteiger partial charge in [0.1, 0.15) is 5.01 Å². The minimum absolute atomic E-state index is 0. The molecular formula is C4H7FN2S. The topological polar surface area (TPSA) is 24.9 Å². The summed E-state index contributed by atoms with van der Waals surface area (Å²) in [6.07, 6.45) is 1.65. The van der Waals surface area contributed by atoms with Crippen LogP contribution in [0.4, 0.5) is 4.48 Å². The van der Waals surface area contributed by atoms with Crippen LogP contribution in [0.15, 0.2) is 11.6 Å². The molecule has 0 saturated heterocycles. The number of rotatable bonds is 2. The smallest absolute Gasteiger partial charge is 0.109 e. The maximum absolute atomic E-state index is 11.3. The van der Waals surface area contributed by atoms with Gasteiger partial charge < -0.3 is 0 Å². The normalized spacial score (nSPS) is 9.62. The number of nitrogens with one attached hydrogen (secondary N) is 1. The second-order valence-electron chi connectivity index (χ2n) is 1.24. The van der Waals surface area contributed by atoms with Crippen molar-refractivity contribution in [2.75, 3.05) is 0 Å². The molecule has 0 aliphatic carbocycles. The van der Waals surface area contributed by atoms with Gasteiger partial charge in [0.15, 0.2) is 0 Å². The Bertz CT molecular complexity index is 144. The third-order valence-corrected chi connectivity index (χ3v) is 1.48. The first-order valence-electron chi connectivity index (χ1n) is 2.15. The van der Waals surface area contributed by atoms with Crippen LogP contribution in [0.25, 0.3) is 0 Å². The van der Waals surface area contributed by atoms with Crippen molar-refractivity contribution in [2.24, 2.45) is 0 Å². The molecule has 0 aromatic carbocycles. The van der Waals surface area contributed by atoms with Gasteiger partial charge >= 0.3 is 0 Å². The summed E-state index contributed by atoms with van der Waals surface area (Å²) in [5.74, 6) is 0. The van der Waals surface area contributed by atoms with Gasteiger partial charge in [-0.05, 0) is 0 Å². The highest BCUT2D eigenvalue weighted by Crippen LogP contribution is 2.01. The fourth-order valence-corrected chi connectivity index (χ4v) is 0.936. The average Bonchev–Trinajstić information content (AvgIpc) is 2.19. The van der Waals surface area contributed by atoms with Gasteiger partial charge in [-0.3, -0.25) is 0 Å². The van der Waals surface area contributed by atoms with E-state index in [0.29, 0.717) is 0 Å². The largest absolute Gasteiger partial charge is 0.248 e. The lowest BCUT2D eigenvalue weighted by molar-refractivity contribution is 0.329. The fourth-order valence-electron chi connectivity index (χ4n) is 0.397. The minimum atomic E-state index is 0. The molecular weight excluding hydrogens is 127 g/mol. The van der Waals surface area contributed by atoms with Crippen LogP contribution in [0, 0.1) is 0 Å². The molecule has 2 nitrogen and oxygen atoms in total. The van der Waals surface area contributed by atoms with Gasteiger partial charge in [-0.15, -0.1) is 15.8 Å². The van der Waals surface area contributed by atoms with Crippen molar-refractivity contribution in [3.05, 3.63) is 16.6 Å². The van der Waals surface area contributed by atoms with E-state index >= 15 is 0 Å². The van der Waals surface area contributed by atoms with Crippen LogP contribution < -0.4 is 5.54 Å². The Morgan fingerprint density at radius 1 is 2.00 bits per heavy atom. The van der Waals surface area contributed by atoms with Gasteiger partial charge in [0.2, 0.25) is 0 Å². The molecule has 1 aromatic rings. The predicted octanol–water partition coefficient (Wildman–Crippen LogP) is 1.36. The molecule has 1 aromatic heterocycles. The highest BCUT2D eigenvalue weighted by atomic mass is 32.1. The first kappa shape index (κ1) is 5.65. The first-order chi connectivity index (χ1) is 3.93. The summed E-state index contributed by atoms with van der Waals surface area (Å²) in [5.41, 5.74) is 1.52. The van der Waals surface area contributed by atoms with E-state index in [1.807, 2.05) is 5.38 Å². The number of thiazole rings is 1. The van der Waals surface area contributed by atoms with Crippen molar-refractivity contribution in [3.63, 3.8) is 0 Å². The summed E-state index contributed by atoms with van der Waals surface area (Å²) in [6.45, 7) is 0.220. The van der Waals surface area contributed by atoms with E-state index in [-0.39, 0.29) is 7.97 Å². The molecule has 0 unspecified atom stereocenters. The van der Waals surface area contributed by atoms with Gasteiger partial charge in [0, 0.05) is 13.0 Å². The summed E-state index contributed by atoms with van der Waals surface area (Å²) in [5, 5.41) is 2.58. The zero-order valence-corrected chi connectivity index (χ0v) is 4.91. The number of halogens is 1. The third kappa shape index (κ3) is 1.24. The van der Waals surface area contributed by atoms with Crippen LogP contribution in [-0.2, 0) is 6.54 Å². The summed E-state index contributed by atoms with van der Waals surface area (Å²) in [4.78, 5) is 3.82. The summed E-state index contributed by atoms with van der Waals surface area (Å²) in [7, 11) is 0. The van der Waals surface area contributed by atoms with Crippen molar-refractivity contribution in [1.82, 2.24) is 10.5 Å². The van der Waals surface area contributed by atoms with E-state index < -0.39 is 0 Å². The lowest BCUT2D eigenvalue weighted by Gasteiger charge is -1.84. The van der Waals surface area contributed by atoms with Gasteiger partial charge in [0.25, 0.3) is 0 Å². The van der Waals surface area contributed by atoms with Crippen LogP contribution in [-0.4, -0.2) is 4.98 Å². The monoisotopic (exact) mass is 134 g/mol. The third-order valence-electron chi connectivity index (χ3n) is 0.702. The Labute approximate surface area is 51.8 Å². The number of nitrogens with zero attached hydrogens (tertiary/aromatic N) is 1. The molecule has 0 radical (unpaired) electrons. The van der Waals surface area contributed by atoms with Crippen LogP contribution in [0.5, 0.6) is 0 Å². The Kier molecular flexibility index (Phi) is 1.93. The SMILES string of the molecule is FNCc1nccs1.[HH]. The molecule has 46 valence electrons. The highest BCUT2D eigenvalue weighted by molar-refractivity contribution is 7.09. The predicted molar refractivity (Wildman–Crippen MR) is 32.2 cm³/mol. The lowest BCUT2D eigenvalue weighted by Crippen LogP contribution is -1.97. The van der Waals surface area contributed by atoms with Crippen LogP contribution in [0.3, 0.4) is 0 Å². The zero-order chi connectivity index (χ0) is 5.82. The maximum atomic E-state index is 11.3. The number of hydrogen-bond acceptors (Lipinski definition) is 3. The summed E-state index contributed by atoms with van der Waals surface area (Å²) < 4.78 is 11.3. The number of hydrogen-bond donors (Lipinski definition) is 1. The van der Waals surface area contributed by atoms with Crippen molar-refractivity contribution >= 4 is 11.3 Å². The van der Waals surface area contributed by atoms with Gasteiger partial charge in [-0.2, -0.15) is 5.54 Å². The maximum Gasteiger partial charge on any atom is 0.109 e. The molecule has 0 aliphatic rings. The van der Waals surface area contributed by atoms with E-state index in [2.05, 4.69) is 4.98 Å². The van der Waals surface area contributed by atoms with Crippen LogP contribution in [0.2, 0.25) is 0 Å². The second kappa shape index (κ2) is 2.74. The molecule has 0 bridgehead atoms. The van der Waals surface area contributed by atoms with Gasteiger partial charge in [0.05, 0.1) is 6.54 Å². The van der Waals surface area contributed by atoms with Crippen molar-refractivity contribution in [2.45, 2.75) is 6.54 Å². The van der Waals surface area contributed by atoms with Crippen LogP contribution in [0.1, 0.15) is 6.43 Å². The van der Waals surface area contributed by atoms with Crippen molar-refractivity contribution < 1.29 is 5.91 Å². The van der Waals surface area contributed by atoms with Gasteiger partial charge in [-0.1, -0.05) is 0 Å². The van der Waals surface area contributed by atoms with E-state index in [1.54, 1.807) is 6.20 Å². The Balaban J connectivity index is 0.000000640. The molecule has 0 fully saturated rings.